The van der Waals surface area contributed by atoms with Crippen molar-refractivity contribution in [2.45, 2.75) is 39.0 Å². The Morgan fingerprint density at radius 3 is 1.64 bits per heavy atom. The second-order valence-corrected chi connectivity index (χ2v) is 6.09. The summed E-state index contributed by atoms with van der Waals surface area (Å²) in [6, 6.07) is 0. The van der Waals surface area contributed by atoms with Crippen LogP contribution in [-0.4, -0.2) is 21.6 Å². The second kappa shape index (κ2) is 3.83. The van der Waals surface area contributed by atoms with Gasteiger partial charge in [-0.05, 0) is 5.41 Å². The van der Waals surface area contributed by atoms with Crippen molar-refractivity contribution in [1.82, 2.24) is 0 Å². The molecule has 0 aliphatic carbocycles. The Labute approximate surface area is 80.5 Å². The SMILES string of the molecule is CC(C)(C)C(CC(F)(F)F)P(=O)(O)O. The third-order valence-corrected chi connectivity index (χ3v) is 3.60. The Hall–Kier alpha value is -0.0600. The van der Waals surface area contributed by atoms with Gasteiger partial charge in [-0.1, -0.05) is 20.8 Å². The van der Waals surface area contributed by atoms with Gasteiger partial charge in [-0.25, -0.2) is 0 Å². The van der Waals surface area contributed by atoms with E-state index in [-0.39, 0.29) is 0 Å². The second-order valence-electron chi connectivity index (χ2n) is 4.29. The summed E-state index contributed by atoms with van der Waals surface area (Å²) in [5, 5.41) is 0. The van der Waals surface area contributed by atoms with E-state index in [0.717, 1.165) is 0 Å². The van der Waals surface area contributed by atoms with Crippen molar-refractivity contribution in [3.8, 4) is 0 Å². The molecular weight excluding hydrogens is 220 g/mol. The third-order valence-electron chi connectivity index (χ3n) is 1.83. The average molecular weight is 234 g/mol. The maximum absolute atomic E-state index is 12.0. The zero-order valence-electron chi connectivity index (χ0n) is 8.17. The minimum absolute atomic E-state index is 1.07. The molecule has 0 spiro atoms. The van der Waals surface area contributed by atoms with Gasteiger partial charge in [-0.15, -0.1) is 0 Å². The monoisotopic (exact) mass is 234 g/mol. The molecule has 0 saturated carbocycles. The van der Waals surface area contributed by atoms with Gasteiger partial charge in [0.15, 0.2) is 0 Å². The normalized spacial score (nSPS) is 16.9. The van der Waals surface area contributed by atoms with Crippen molar-refractivity contribution in [2.24, 2.45) is 5.41 Å². The summed E-state index contributed by atoms with van der Waals surface area (Å²) in [6.07, 6.45) is -6.01. The van der Waals surface area contributed by atoms with Gasteiger partial charge in [0.05, 0.1) is 12.1 Å². The molecule has 0 aliphatic rings. The highest BCUT2D eigenvalue weighted by Crippen LogP contribution is 2.53. The quantitative estimate of drug-likeness (QED) is 0.722. The van der Waals surface area contributed by atoms with Gasteiger partial charge in [0.1, 0.15) is 0 Å². The molecule has 0 rings (SSSR count). The lowest BCUT2D eigenvalue weighted by Crippen LogP contribution is -2.31. The Balaban J connectivity index is 4.88. The largest absolute Gasteiger partial charge is 0.390 e. The number of rotatable bonds is 2. The number of halogens is 3. The fourth-order valence-corrected chi connectivity index (χ4v) is 2.60. The first-order chi connectivity index (χ1) is 5.84. The smallest absolute Gasteiger partial charge is 0.324 e. The van der Waals surface area contributed by atoms with E-state index < -0.39 is 31.3 Å². The molecule has 0 fully saturated rings. The van der Waals surface area contributed by atoms with Gasteiger partial charge in [0.25, 0.3) is 0 Å². The maximum Gasteiger partial charge on any atom is 0.390 e. The molecule has 0 aromatic heterocycles. The van der Waals surface area contributed by atoms with Gasteiger partial charge in [0.2, 0.25) is 0 Å². The summed E-state index contributed by atoms with van der Waals surface area (Å²) >= 11 is 0. The summed E-state index contributed by atoms with van der Waals surface area (Å²) in [4.78, 5) is 17.6. The number of hydrogen-bond donors (Lipinski definition) is 2. The van der Waals surface area contributed by atoms with Crippen LogP contribution in [0.4, 0.5) is 13.2 Å². The fraction of sp³-hybridized carbons (Fsp3) is 1.00. The van der Waals surface area contributed by atoms with E-state index in [1.54, 1.807) is 0 Å². The van der Waals surface area contributed by atoms with Crippen molar-refractivity contribution in [3.63, 3.8) is 0 Å². The van der Waals surface area contributed by atoms with Gasteiger partial charge >= 0.3 is 13.8 Å². The van der Waals surface area contributed by atoms with Crippen molar-refractivity contribution in [2.75, 3.05) is 0 Å². The van der Waals surface area contributed by atoms with Crippen molar-refractivity contribution < 1.29 is 27.5 Å². The summed E-state index contributed by atoms with van der Waals surface area (Å²) in [5.74, 6) is 0. The van der Waals surface area contributed by atoms with E-state index in [1.165, 1.54) is 20.8 Å². The lowest BCUT2D eigenvalue weighted by atomic mass is 9.89. The first kappa shape index (κ1) is 13.9. The Morgan fingerprint density at radius 1 is 1.21 bits per heavy atom. The molecule has 0 aromatic carbocycles. The molecule has 86 valence electrons. The van der Waals surface area contributed by atoms with Gasteiger partial charge < -0.3 is 9.79 Å². The number of hydrogen-bond acceptors (Lipinski definition) is 1. The van der Waals surface area contributed by atoms with E-state index in [1.807, 2.05) is 0 Å². The molecule has 0 heterocycles. The lowest BCUT2D eigenvalue weighted by molar-refractivity contribution is -0.139. The predicted octanol–water partition coefficient (Wildman–Crippen LogP) is 2.53. The standard InChI is InChI=1S/C7H14F3O3P/c1-6(2,3)5(14(11,12)13)4-7(8,9)10/h5H,4H2,1-3H3,(H2,11,12,13). The molecule has 0 aliphatic heterocycles. The van der Waals surface area contributed by atoms with Crippen LogP contribution in [0.5, 0.6) is 0 Å². The van der Waals surface area contributed by atoms with Crippen LogP contribution >= 0.6 is 7.60 Å². The van der Waals surface area contributed by atoms with E-state index in [0.29, 0.717) is 0 Å². The fourth-order valence-electron chi connectivity index (χ4n) is 1.15. The van der Waals surface area contributed by atoms with Crippen LogP contribution in [0.15, 0.2) is 0 Å². The first-order valence-electron chi connectivity index (χ1n) is 3.96. The molecular formula is C7H14F3O3P. The maximum atomic E-state index is 12.0. The summed E-state index contributed by atoms with van der Waals surface area (Å²) < 4.78 is 46.9. The summed E-state index contributed by atoms with van der Waals surface area (Å²) in [7, 11) is -4.71. The van der Waals surface area contributed by atoms with Crippen molar-refractivity contribution in [3.05, 3.63) is 0 Å². The molecule has 0 aromatic rings. The Kier molecular flexibility index (Phi) is 3.82. The van der Waals surface area contributed by atoms with Crippen LogP contribution in [0.1, 0.15) is 27.2 Å². The van der Waals surface area contributed by atoms with Gasteiger partial charge in [0, 0.05) is 0 Å². The average Bonchev–Trinajstić information content (AvgIpc) is 1.75. The highest BCUT2D eigenvalue weighted by atomic mass is 31.2. The first-order valence-corrected chi connectivity index (χ1v) is 5.64. The van der Waals surface area contributed by atoms with Crippen molar-refractivity contribution >= 4 is 7.60 Å². The highest BCUT2D eigenvalue weighted by molar-refractivity contribution is 7.52. The molecule has 1 unspecified atom stereocenters. The molecule has 1 atom stereocenters. The van der Waals surface area contributed by atoms with Crippen LogP contribution in [0.3, 0.4) is 0 Å². The zero-order chi connectivity index (χ0) is 11.8. The van der Waals surface area contributed by atoms with E-state index in [9.17, 15) is 17.7 Å². The van der Waals surface area contributed by atoms with Crippen LogP contribution in [0.25, 0.3) is 0 Å². The molecule has 14 heavy (non-hydrogen) atoms. The third kappa shape index (κ3) is 4.98. The number of alkyl halides is 3. The van der Waals surface area contributed by atoms with E-state index >= 15 is 0 Å². The highest BCUT2D eigenvalue weighted by Gasteiger charge is 2.46. The summed E-state index contributed by atoms with van der Waals surface area (Å²) in [6.45, 7) is 4.13. The van der Waals surface area contributed by atoms with Crippen molar-refractivity contribution in [1.29, 1.82) is 0 Å². The lowest BCUT2D eigenvalue weighted by Gasteiger charge is -2.31. The summed E-state index contributed by atoms with van der Waals surface area (Å²) in [5.41, 5.74) is -2.76. The molecule has 0 amide bonds. The molecule has 3 nitrogen and oxygen atoms in total. The van der Waals surface area contributed by atoms with Crippen LogP contribution in [0, 0.1) is 5.41 Å². The molecule has 0 bridgehead atoms. The topological polar surface area (TPSA) is 57.5 Å². The molecule has 0 radical (unpaired) electrons. The van der Waals surface area contributed by atoms with E-state index in [4.69, 9.17) is 9.79 Å². The molecule has 0 saturated heterocycles. The van der Waals surface area contributed by atoms with E-state index in [2.05, 4.69) is 0 Å². The zero-order valence-corrected chi connectivity index (χ0v) is 9.06. The van der Waals surface area contributed by atoms with Crippen LogP contribution in [0.2, 0.25) is 0 Å². The predicted molar refractivity (Wildman–Crippen MR) is 46.0 cm³/mol. The van der Waals surface area contributed by atoms with Crippen LogP contribution in [-0.2, 0) is 4.57 Å². The minimum Gasteiger partial charge on any atom is -0.324 e. The minimum atomic E-state index is -4.71. The Bertz CT molecular complexity index is 238. The van der Waals surface area contributed by atoms with Gasteiger partial charge in [-0.3, -0.25) is 4.57 Å². The molecule has 2 N–H and O–H groups in total. The molecule has 7 heteroatoms. The van der Waals surface area contributed by atoms with Crippen LogP contribution < -0.4 is 0 Å². The Morgan fingerprint density at radius 2 is 1.57 bits per heavy atom. The van der Waals surface area contributed by atoms with Gasteiger partial charge in [-0.2, -0.15) is 13.2 Å².